The van der Waals surface area contributed by atoms with Crippen molar-refractivity contribution in [2.75, 3.05) is 0 Å². The Morgan fingerprint density at radius 1 is 1.11 bits per heavy atom. The van der Waals surface area contributed by atoms with Gasteiger partial charge in [-0.05, 0) is 44.0 Å². The second-order valence-electron chi connectivity index (χ2n) is 3.92. The van der Waals surface area contributed by atoms with Crippen LogP contribution in [0.25, 0.3) is 22.4 Å². The summed E-state index contributed by atoms with van der Waals surface area (Å²) in [6, 6.07) is 9.73. The first kappa shape index (κ1) is 12.5. The summed E-state index contributed by atoms with van der Waals surface area (Å²) in [5.74, 6) is 0.436. The van der Waals surface area contributed by atoms with Gasteiger partial charge in [-0.15, -0.1) is 0 Å². The molecular formula is C13H7Br2N3O. The van der Waals surface area contributed by atoms with E-state index in [1.54, 1.807) is 0 Å². The monoisotopic (exact) mass is 379 g/mol. The number of pyridine rings is 1. The minimum atomic E-state index is -0.230. The number of hydrogen-bond donors (Lipinski definition) is 1. The second-order valence-corrected chi connectivity index (χ2v) is 5.63. The maximum Gasteiger partial charge on any atom is 0.265 e. The van der Waals surface area contributed by atoms with Crippen LogP contribution < -0.4 is 5.56 Å². The van der Waals surface area contributed by atoms with E-state index >= 15 is 0 Å². The van der Waals surface area contributed by atoms with Gasteiger partial charge in [0.1, 0.15) is 10.2 Å². The molecule has 0 amide bonds. The quantitative estimate of drug-likeness (QED) is 0.702. The number of rotatable bonds is 1. The number of aromatic amines is 1. The third-order valence-electron chi connectivity index (χ3n) is 2.66. The molecule has 0 aliphatic heterocycles. The molecule has 1 N–H and O–H groups in total. The highest BCUT2D eigenvalue weighted by atomic mass is 79.9. The summed E-state index contributed by atoms with van der Waals surface area (Å²) < 4.78 is 1.19. The smallest absolute Gasteiger partial charge is 0.265 e. The molecule has 0 fully saturated rings. The van der Waals surface area contributed by atoms with Gasteiger partial charge in [0.25, 0.3) is 5.56 Å². The van der Waals surface area contributed by atoms with E-state index in [0.29, 0.717) is 16.0 Å². The van der Waals surface area contributed by atoms with Crippen LogP contribution in [0.4, 0.5) is 0 Å². The Balaban J connectivity index is 2.26. The van der Waals surface area contributed by atoms with Crippen LogP contribution in [0.5, 0.6) is 0 Å². The van der Waals surface area contributed by atoms with Gasteiger partial charge in [0.05, 0.1) is 5.52 Å². The fraction of sp³-hybridized carbons (Fsp3) is 0. The molecule has 4 nitrogen and oxygen atoms in total. The Hall–Kier alpha value is -1.53. The molecule has 3 rings (SSSR count). The molecule has 19 heavy (non-hydrogen) atoms. The van der Waals surface area contributed by atoms with Crippen molar-refractivity contribution in [1.29, 1.82) is 0 Å². The van der Waals surface area contributed by atoms with Crippen LogP contribution in [0, 0.1) is 0 Å². The van der Waals surface area contributed by atoms with Gasteiger partial charge in [0.2, 0.25) is 0 Å². The van der Waals surface area contributed by atoms with Gasteiger partial charge in [-0.3, -0.25) is 4.79 Å². The second kappa shape index (κ2) is 4.86. The summed E-state index contributed by atoms with van der Waals surface area (Å²) >= 11 is 6.58. The molecule has 1 aromatic carbocycles. The molecule has 3 aromatic rings. The number of nitrogens with zero attached hydrogens (tertiary/aromatic N) is 2. The van der Waals surface area contributed by atoms with Crippen LogP contribution in [0.15, 0.2) is 50.3 Å². The van der Waals surface area contributed by atoms with Crippen LogP contribution in [0.1, 0.15) is 0 Å². The molecule has 0 bridgehead atoms. The lowest BCUT2D eigenvalue weighted by Gasteiger charge is -2.05. The Labute approximate surface area is 125 Å². The SMILES string of the molecule is O=c1[nH]c(-c2nc3ccccc3cc2Br)ncc1Br. The third kappa shape index (κ3) is 2.33. The number of nitrogens with one attached hydrogen (secondary N) is 1. The lowest BCUT2D eigenvalue weighted by Crippen LogP contribution is -2.09. The fourth-order valence-electron chi connectivity index (χ4n) is 1.76. The molecule has 0 spiro atoms. The van der Waals surface area contributed by atoms with Crippen LogP contribution >= 0.6 is 31.9 Å². The maximum absolute atomic E-state index is 11.6. The summed E-state index contributed by atoms with van der Waals surface area (Å²) in [6.07, 6.45) is 1.47. The zero-order valence-electron chi connectivity index (χ0n) is 9.52. The molecule has 0 saturated carbocycles. The normalized spacial score (nSPS) is 10.8. The zero-order chi connectivity index (χ0) is 13.4. The predicted molar refractivity (Wildman–Crippen MR) is 81.0 cm³/mol. The molecule has 2 aromatic heterocycles. The standard InChI is InChI=1S/C13H7Br2N3O/c14-8-5-7-3-1-2-4-10(7)17-11(8)12-16-6-9(15)13(19)18-12/h1-6H,(H,16,18,19). The summed E-state index contributed by atoms with van der Waals surface area (Å²) in [5.41, 5.74) is 1.24. The first-order valence-corrected chi connectivity index (χ1v) is 7.04. The van der Waals surface area contributed by atoms with Crippen molar-refractivity contribution in [2.45, 2.75) is 0 Å². The molecule has 0 atom stereocenters. The molecule has 2 heterocycles. The molecule has 0 saturated heterocycles. The van der Waals surface area contributed by atoms with Gasteiger partial charge in [-0.2, -0.15) is 0 Å². The number of fused-ring (bicyclic) bond motifs is 1. The topological polar surface area (TPSA) is 58.6 Å². The first-order chi connectivity index (χ1) is 9.15. The molecule has 94 valence electrons. The van der Waals surface area contributed by atoms with E-state index in [-0.39, 0.29) is 5.56 Å². The van der Waals surface area contributed by atoms with Crippen molar-refractivity contribution < 1.29 is 0 Å². The maximum atomic E-state index is 11.6. The van der Waals surface area contributed by atoms with Crippen molar-refractivity contribution in [2.24, 2.45) is 0 Å². The Morgan fingerprint density at radius 2 is 1.89 bits per heavy atom. The summed E-state index contributed by atoms with van der Waals surface area (Å²) in [6.45, 7) is 0. The van der Waals surface area contributed by atoms with Crippen molar-refractivity contribution in [1.82, 2.24) is 15.0 Å². The van der Waals surface area contributed by atoms with Gasteiger partial charge in [-0.1, -0.05) is 18.2 Å². The number of halogens is 2. The average molecular weight is 381 g/mol. The highest BCUT2D eigenvalue weighted by molar-refractivity contribution is 9.10. The van der Waals surface area contributed by atoms with Crippen molar-refractivity contribution in [3.8, 4) is 11.5 Å². The lowest BCUT2D eigenvalue weighted by atomic mass is 10.2. The van der Waals surface area contributed by atoms with E-state index in [2.05, 4.69) is 46.8 Å². The van der Waals surface area contributed by atoms with Crippen LogP contribution in [0.2, 0.25) is 0 Å². The Bertz CT molecular complexity index is 829. The van der Waals surface area contributed by atoms with Gasteiger partial charge < -0.3 is 4.98 Å². The lowest BCUT2D eigenvalue weighted by molar-refractivity contribution is 1.09. The van der Waals surface area contributed by atoms with Crippen LogP contribution in [-0.4, -0.2) is 15.0 Å². The average Bonchev–Trinajstić information content (AvgIpc) is 2.41. The van der Waals surface area contributed by atoms with E-state index in [1.165, 1.54) is 6.20 Å². The third-order valence-corrected chi connectivity index (χ3v) is 3.83. The van der Waals surface area contributed by atoms with Crippen LogP contribution in [-0.2, 0) is 0 Å². The first-order valence-electron chi connectivity index (χ1n) is 5.45. The number of aromatic nitrogens is 3. The van der Waals surface area contributed by atoms with Crippen LogP contribution in [0.3, 0.4) is 0 Å². The van der Waals surface area contributed by atoms with Crippen molar-refractivity contribution in [3.63, 3.8) is 0 Å². The fourth-order valence-corrected chi connectivity index (χ4v) is 2.48. The summed E-state index contributed by atoms with van der Waals surface area (Å²) in [4.78, 5) is 23.0. The number of para-hydroxylation sites is 1. The molecule has 0 radical (unpaired) electrons. The highest BCUT2D eigenvalue weighted by Gasteiger charge is 2.10. The molecule has 0 aliphatic rings. The van der Waals surface area contributed by atoms with Crippen molar-refractivity contribution in [3.05, 3.63) is 55.8 Å². The minimum absolute atomic E-state index is 0.230. The van der Waals surface area contributed by atoms with Gasteiger partial charge in [0, 0.05) is 16.1 Å². The van der Waals surface area contributed by atoms with E-state index < -0.39 is 0 Å². The predicted octanol–water partition coefficient (Wildman–Crippen LogP) is 3.51. The highest BCUT2D eigenvalue weighted by Crippen LogP contribution is 2.27. The van der Waals surface area contributed by atoms with Gasteiger partial charge in [-0.25, -0.2) is 9.97 Å². The number of benzene rings is 1. The van der Waals surface area contributed by atoms with E-state index in [0.717, 1.165) is 15.4 Å². The van der Waals surface area contributed by atoms with Gasteiger partial charge >= 0.3 is 0 Å². The van der Waals surface area contributed by atoms with Gasteiger partial charge in [0.15, 0.2) is 5.82 Å². The number of hydrogen-bond acceptors (Lipinski definition) is 3. The van der Waals surface area contributed by atoms with E-state index in [1.807, 2.05) is 30.3 Å². The molecular weight excluding hydrogens is 374 g/mol. The number of H-pyrrole nitrogens is 1. The largest absolute Gasteiger partial charge is 0.304 e. The molecule has 0 unspecified atom stereocenters. The van der Waals surface area contributed by atoms with E-state index in [9.17, 15) is 4.79 Å². The zero-order valence-corrected chi connectivity index (χ0v) is 12.7. The van der Waals surface area contributed by atoms with E-state index in [4.69, 9.17) is 0 Å². The van der Waals surface area contributed by atoms with Crippen molar-refractivity contribution >= 4 is 42.8 Å². The summed E-state index contributed by atoms with van der Waals surface area (Å²) in [5, 5.41) is 1.03. The molecule has 0 aliphatic carbocycles. The molecule has 6 heteroatoms. The minimum Gasteiger partial charge on any atom is -0.304 e. The summed E-state index contributed by atoms with van der Waals surface area (Å²) in [7, 11) is 0. The Morgan fingerprint density at radius 3 is 2.68 bits per heavy atom. The Kier molecular flexibility index (Phi) is 3.20.